The molecular formula is C27H36N6O4. The molecule has 1 spiro atoms. The topological polar surface area (TPSA) is 104 Å². The van der Waals surface area contributed by atoms with E-state index in [2.05, 4.69) is 15.3 Å². The number of hydrogen-bond acceptors (Lipinski definition) is 7. The van der Waals surface area contributed by atoms with E-state index in [1.807, 2.05) is 58.0 Å². The van der Waals surface area contributed by atoms with Crippen LogP contribution in [0.25, 0.3) is 11.0 Å². The quantitative estimate of drug-likeness (QED) is 0.578. The molecule has 0 aliphatic carbocycles. The average Bonchev–Trinajstić information content (AvgIpc) is 3.38. The summed E-state index contributed by atoms with van der Waals surface area (Å²) in [4.78, 5) is 32.7. The largest absolute Gasteiger partial charge is 0.444 e. The molecule has 2 saturated heterocycles. The summed E-state index contributed by atoms with van der Waals surface area (Å²) in [5.74, 6) is 0.612. The summed E-state index contributed by atoms with van der Waals surface area (Å²) in [5.41, 5.74) is 0.703. The fourth-order valence-electron chi connectivity index (χ4n) is 5.51. The Morgan fingerprint density at radius 1 is 1.22 bits per heavy atom. The average molecular weight is 509 g/mol. The first-order chi connectivity index (χ1) is 17.5. The normalized spacial score (nSPS) is 21.5. The second-order valence-corrected chi connectivity index (χ2v) is 11.3. The van der Waals surface area contributed by atoms with Crippen LogP contribution < -0.4 is 15.8 Å². The molecule has 2 aliphatic rings. The molecule has 10 nitrogen and oxygen atoms in total. The Hall–Kier alpha value is -3.40. The second-order valence-electron chi connectivity index (χ2n) is 11.3. The van der Waals surface area contributed by atoms with E-state index in [9.17, 15) is 9.59 Å². The molecule has 10 heteroatoms. The van der Waals surface area contributed by atoms with Gasteiger partial charge in [0.2, 0.25) is 5.95 Å². The van der Waals surface area contributed by atoms with Gasteiger partial charge in [-0.15, -0.1) is 0 Å². The van der Waals surface area contributed by atoms with Crippen LogP contribution >= 0.6 is 0 Å². The van der Waals surface area contributed by atoms with Gasteiger partial charge in [-0.2, -0.15) is 10.1 Å². The third-order valence-corrected chi connectivity index (χ3v) is 7.45. The number of nitrogens with zero attached hydrogens (tertiary/aromatic N) is 5. The zero-order valence-electron chi connectivity index (χ0n) is 22.2. The van der Waals surface area contributed by atoms with Crippen molar-refractivity contribution in [1.82, 2.24) is 24.6 Å². The molecule has 1 aromatic carbocycles. The van der Waals surface area contributed by atoms with E-state index in [0.29, 0.717) is 43.2 Å². The molecule has 37 heavy (non-hydrogen) atoms. The van der Waals surface area contributed by atoms with E-state index < -0.39 is 11.7 Å². The number of aromatic nitrogens is 4. The van der Waals surface area contributed by atoms with Gasteiger partial charge in [0.1, 0.15) is 11.0 Å². The number of nitrogens with one attached hydrogen (secondary N) is 1. The number of benzene rings is 1. The molecule has 0 bridgehead atoms. The number of rotatable bonds is 4. The number of amides is 1. The molecule has 198 valence electrons. The molecule has 1 N–H and O–H groups in total. The molecule has 0 saturated carbocycles. The lowest BCUT2D eigenvalue weighted by Crippen LogP contribution is -2.55. The summed E-state index contributed by atoms with van der Waals surface area (Å²) in [6.07, 6.45) is 2.85. The van der Waals surface area contributed by atoms with E-state index in [0.717, 1.165) is 18.4 Å². The van der Waals surface area contributed by atoms with Crippen LogP contribution in [0.5, 0.6) is 0 Å². The van der Waals surface area contributed by atoms with Crippen LogP contribution in [0.2, 0.25) is 0 Å². The summed E-state index contributed by atoms with van der Waals surface area (Å²) in [6, 6.07) is 9.87. The Labute approximate surface area is 216 Å². The molecule has 1 amide bonds. The number of hydrogen-bond donors (Lipinski definition) is 1. The molecule has 5 rings (SSSR count). The van der Waals surface area contributed by atoms with Gasteiger partial charge >= 0.3 is 6.09 Å². The van der Waals surface area contributed by atoms with Gasteiger partial charge in [0, 0.05) is 31.7 Å². The highest BCUT2D eigenvalue weighted by Gasteiger charge is 2.50. The minimum Gasteiger partial charge on any atom is -0.444 e. The van der Waals surface area contributed by atoms with Gasteiger partial charge in [-0.3, -0.25) is 14.0 Å². The van der Waals surface area contributed by atoms with Gasteiger partial charge < -0.3 is 19.7 Å². The van der Waals surface area contributed by atoms with Crippen LogP contribution in [0.1, 0.15) is 46.1 Å². The van der Waals surface area contributed by atoms with Crippen molar-refractivity contribution in [2.75, 3.05) is 24.6 Å². The number of fused-ring (bicyclic) bond motifs is 1. The molecule has 4 heterocycles. The predicted molar refractivity (Wildman–Crippen MR) is 141 cm³/mol. The molecule has 2 aromatic heterocycles. The zero-order chi connectivity index (χ0) is 26.4. The highest BCUT2D eigenvalue weighted by atomic mass is 16.6. The van der Waals surface area contributed by atoms with Crippen molar-refractivity contribution in [2.45, 2.75) is 64.8 Å². The third kappa shape index (κ3) is 5.07. The van der Waals surface area contributed by atoms with Gasteiger partial charge in [-0.05, 0) is 46.1 Å². The lowest BCUT2D eigenvalue weighted by Gasteiger charge is -2.43. The fourth-order valence-corrected chi connectivity index (χ4v) is 5.51. The Morgan fingerprint density at radius 3 is 2.59 bits per heavy atom. The lowest BCUT2D eigenvalue weighted by atomic mass is 9.73. The Balaban J connectivity index is 1.33. The van der Waals surface area contributed by atoms with Gasteiger partial charge in [0.05, 0.1) is 25.3 Å². The number of anilines is 1. The predicted octanol–water partition coefficient (Wildman–Crippen LogP) is 3.08. The summed E-state index contributed by atoms with van der Waals surface area (Å²) in [6.45, 7) is 10.1. The maximum Gasteiger partial charge on any atom is 0.407 e. The SMILES string of the molecule is C[C@@H]1OCC2(CCN(c3nc4nn(Cc5ccccc5)cc4c(=O)n3C)CC2)[C@@H]1NC(=O)OC(C)(C)C. The van der Waals surface area contributed by atoms with Crippen LogP contribution in [0.15, 0.2) is 41.3 Å². The molecule has 0 radical (unpaired) electrons. The number of carbonyl (C=O) groups is 1. The van der Waals surface area contributed by atoms with Crippen molar-refractivity contribution >= 4 is 23.1 Å². The van der Waals surface area contributed by atoms with Crippen LogP contribution in [0.3, 0.4) is 0 Å². The standard InChI is InChI=1S/C27H36N6O4/c1-18-21(28-25(35)37-26(2,3)4)27(17-36-18)11-13-32(14-12-27)24-29-22-20(23(34)31(24)5)16-33(30-22)15-19-9-7-6-8-10-19/h6-10,16,18,21H,11-15,17H2,1-5H3,(H,28,35)/t18-,21+/m0/s1. The maximum atomic E-state index is 13.2. The third-order valence-electron chi connectivity index (χ3n) is 7.45. The van der Waals surface area contributed by atoms with E-state index in [-0.39, 0.29) is 23.1 Å². The van der Waals surface area contributed by atoms with Gasteiger partial charge in [-0.1, -0.05) is 30.3 Å². The monoisotopic (exact) mass is 508 g/mol. The maximum absolute atomic E-state index is 13.2. The van der Waals surface area contributed by atoms with Crippen molar-refractivity contribution in [1.29, 1.82) is 0 Å². The molecule has 3 aromatic rings. The van der Waals surface area contributed by atoms with Gasteiger partial charge in [-0.25, -0.2) is 4.79 Å². The van der Waals surface area contributed by atoms with Crippen molar-refractivity contribution in [2.24, 2.45) is 12.5 Å². The van der Waals surface area contributed by atoms with Crippen molar-refractivity contribution in [3.63, 3.8) is 0 Å². The summed E-state index contributed by atoms with van der Waals surface area (Å²) in [5, 5.41) is 8.19. The number of piperidine rings is 1. The Bertz CT molecular complexity index is 1330. The summed E-state index contributed by atoms with van der Waals surface area (Å²) < 4.78 is 14.9. The van der Waals surface area contributed by atoms with Crippen LogP contribution in [-0.4, -0.2) is 62.9 Å². The van der Waals surface area contributed by atoms with E-state index in [1.54, 1.807) is 22.5 Å². The fraction of sp³-hybridized carbons (Fsp3) is 0.556. The van der Waals surface area contributed by atoms with Crippen molar-refractivity contribution in [3.8, 4) is 0 Å². The number of carbonyl (C=O) groups excluding carboxylic acids is 1. The van der Waals surface area contributed by atoms with Crippen molar-refractivity contribution in [3.05, 3.63) is 52.4 Å². The van der Waals surface area contributed by atoms with Gasteiger partial charge in [0.25, 0.3) is 5.56 Å². The van der Waals surface area contributed by atoms with Crippen LogP contribution in [0, 0.1) is 5.41 Å². The van der Waals surface area contributed by atoms with Crippen LogP contribution in [-0.2, 0) is 23.1 Å². The number of ether oxygens (including phenoxy) is 2. The first-order valence-corrected chi connectivity index (χ1v) is 12.9. The molecule has 0 unspecified atom stereocenters. The highest BCUT2D eigenvalue weighted by molar-refractivity contribution is 5.74. The molecule has 2 atom stereocenters. The van der Waals surface area contributed by atoms with E-state index >= 15 is 0 Å². The molecule has 2 fully saturated rings. The van der Waals surface area contributed by atoms with E-state index in [4.69, 9.17) is 14.5 Å². The first-order valence-electron chi connectivity index (χ1n) is 12.9. The van der Waals surface area contributed by atoms with Gasteiger partial charge in [0.15, 0.2) is 5.65 Å². The lowest BCUT2D eigenvalue weighted by molar-refractivity contribution is 0.0434. The Kier molecular flexibility index (Phi) is 6.47. The first kappa shape index (κ1) is 25.3. The van der Waals surface area contributed by atoms with E-state index in [1.165, 1.54) is 0 Å². The second kappa shape index (κ2) is 9.48. The van der Waals surface area contributed by atoms with Crippen LogP contribution in [0.4, 0.5) is 10.7 Å². The Morgan fingerprint density at radius 2 is 1.92 bits per heavy atom. The van der Waals surface area contributed by atoms with Crippen molar-refractivity contribution < 1.29 is 14.3 Å². The molecular weight excluding hydrogens is 472 g/mol. The molecule has 2 aliphatic heterocycles. The number of alkyl carbamates (subject to hydrolysis) is 1. The summed E-state index contributed by atoms with van der Waals surface area (Å²) >= 11 is 0. The smallest absolute Gasteiger partial charge is 0.407 e. The minimum absolute atomic E-state index is 0.105. The minimum atomic E-state index is -0.563. The zero-order valence-corrected chi connectivity index (χ0v) is 22.2. The highest BCUT2D eigenvalue weighted by Crippen LogP contribution is 2.43. The summed E-state index contributed by atoms with van der Waals surface area (Å²) in [7, 11) is 1.76.